The van der Waals surface area contributed by atoms with Crippen LogP contribution in [0.5, 0.6) is 16.7 Å². The van der Waals surface area contributed by atoms with Gasteiger partial charge in [0.1, 0.15) is 24.2 Å². The first-order valence-electron chi connectivity index (χ1n) is 5.32. The summed E-state index contributed by atoms with van der Waals surface area (Å²) in [5.74, 6) is 1.59. The molecule has 1 aliphatic heterocycles. The third-order valence-electron chi connectivity index (χ3n) is 2.28. The van der Waals surface area contributed by atoms with Gasteiger partial charge in [-0.1, -0.05) is 11.3 Å². The van der Waals surface area contributed by atoms with Gasteiger partial charge >= 0.3 is 0 Å². The normalized spacial score (nSPS) is 17.8. The maximum Gasteiger partial charge on any atom is 0.278 e. The lowest BCUT2D eigenvalue weighted by molar-refractivity contribution is 0.263. The molecule has 0 radical (unpaired) electrons. The van der Waals surface area contributed by atoms with Gasteiger partial charge in [0.05, 0.1) is 6.61 Å². The van der Waals surface area contributed by atoms with Crippen LogP contribution in [0.15, 0.2) is 35.8 Å². The maximum absolute atomic E-state index is 5.54. The van der Waals surface area contributed by atoms with Crippen molar-refractivity contribution in [2.45, 2.75) is 6.10 Å². The van der Waals surface area contributed by atoms with Gasteiger partial charge < -0.3 is 14.2 Å². The summed E-state index contributed by atoms with van der Waals surface area (Å²) in [6, 6.07) is 7.49. The first kappa shape index (κ1) is 10.6. The van der Waals surface area contributed by atoms with Gasteiger partial charge in [-0.3, -0.25) is 0 Å². The van der Waals surface area contributed by atoms with Crippen LogP contribution in [0.3, 0.4) is 0 Å². The van der Waals surface area contributed by atoms with Crippen LogP contribution in [-0.2, 0) is 4.74 Å². The molecule has 2 aromatic rings. The van der Waals surface area contributed by atoms with E-state index in [2.05, 4.69) is 4.98 Å². The predicted octanol–water partition coefficient (Wildman–Crippen LogP) is 2.71. The third kappa shape index (κ3) is 2.95. The summed E-state index contributed by atoms with van der Waals surface area (Å²) in [6.07, 6.45) is 1.99. The number of epoxide rings is 1. The van der Waals surface area contributed by atoms with E-state index in [9.17, 15) is 0 Å². The Morgan fingerprint density at radius 1 is 1.29 bits per heavy atom. The largest absolute Gasteiger partial charge is 0.491 e. The minimum atomic E-state index is 0.279. The van der Waals surface area contributed by atoms with Gasteiger partial charge in [0.25, 0.3) is 5.19 Å². The number of aromatic nitrogens is 1. The van der Waals surface area contributed by atoms with E-state index in [1.807, 2.05) is 29.6 Å². The molecule has 5 heteroatoms. The number of nitrogens with zero attached hydrogens (tertiary/aromatic N) is 1. The van der Waals surface area contributed by atoms with Gasteiger partial charge in [-0.15, -0.1) is 0 Å². The average molecular weight is 249 g/mol. The highest BCUT2D eigenvalue weighted by Gasteiger charge is 2.22. The minimum absolute atomic E-state index is 0.279. The van der Waals surface area contributed by atoms with Crippen molar-refractivity contribution in [3.63, 3.8) is 0 Å². The Balaban J connectivity index is 1.58. The lowest BCUT2D eigenvalue weighted by Gasteiger charge is -2.05. The summed E-state index contributed by atoms with van der Waals surface area (Å²) in [4.78, 5) is 4.05. The fourth-order valence-corrected chi connectivity index (χ4v) is 1.82. The fourth-order valence-electron chi connectivity index (χ4n) is 1.32. The van der Waals surface area contributed by atoms with Crippen molar-refractivity contribution in [1.29, 1.82) is 0 Å². The van der Waals surface area contributed by atoms with Crippen molar-refractivity contribution in [1.82, 2.24) is 4.98 Å². The zero-order valence-corrected chi connectivity index (χ0v) is 9.85. The molecule has 1 aromatic heterocycles. The molecule has 2 heterocycles. The Morgan fingerprint density at radius 2 is 2.06 bits per heavy atom. The van der Waals surface area contributed by atoms with Gasteiger partial charge in [0.2, 0.25) is 0 Å². The number of hydrogen-bond donors (Lipinski definition) is 0. The molecule has 1 aliphatic rings. The minimum Gasteiger partial charge on any atom is -0.491 e. The molecule has 0 N–H and O–H groups in total. The number of benzene rings is 1. The maximum atomic E-state index is 5.54. The summed E-state index contributed by atoms with van der Waals surface area (Å²) in [5, 5.41) is 2.52. The van der Waals surface area contributed by atoms with Crippen LogP contribution < -0.4 is 9.47 Å². The Labute approximate surface area is 103 Å². The Bertz CT molecular complexity index is 465. The van der Waals surface area contributed by atoms with E-state index >= 15 is 0 Å². The number of rotatable bonds is 5. The van der Waals surface area contributed by atoms with Crippen LogP contribution in [0.1, 0.15) is 0 Å². The molecule has 1 aromatic carbocycles. The van der Waals surface area contributed by atoms with Crippen LogP contribution in [0, 0.1) is 0 Å². The van der Waals surface area contributed by atoms with Gasteiger partial charge in [-0.05, 0) is 24.3 Å². The van der Waals surface area contributed by atoms with Crippen LogP contribution in [0.25, 0.3) is 0 Å². The molecule has 3 rings (SSSR count). The fraction of sp³-hybridized carbons (Fsp3) is 0.250. The van der Waals surface area contributed by atoms with Crippen LogP contribution >= 0.6 is 11.3 Å². The van der Waals surface area contributed by atoms with E-state index in [4.69, 9.17) is 14.2 Å². The average Bonchev–Trinajstić information content (AvgIpc) is 3.05. The Hall–Kier alpha value is -1.59. The standard InChI is InChI=1S/C12H11NO3S/c1-3-10(16-12-13-5-6-17-12)4-2-9(1)14-7-11-8-15-11/h1-6,11H,7-8H2. The van der Waals surface area contributed by atoms with E-state index in [0.717, 1.165) is 18.1 Å². The SMILES string of the molecule is c1csc(Oc2ccc(OCC3CO3)cc2)n1. The van der Waals surface area contributed by atoms with Crippen molar-refractivity contribution >= 4 is 11.3 Å². The summed E-state index contributed by atoms with van der Waals surface area (Å²) >= 11 is 1.46. The highest BCUT2D eigenvalue weighted by Crippen LogP contribution is 2.25. The Morgan fingerprint density at radius 3 is 2.71 bits per heavy atom. The van der Waals surface area contributed by atoms with Gasteiger partial charge in [-0.2, -0.15) is 0 Å². The molecule has 88 valence electrons. The van der Waals surface area contributed by atoms with Crippen LogP contribution in [0.2, 0.25) is 0 Å². The van der Waals surface area contributed by atoms with Gasteiger partial charge in [-0.25, -0.2) is 4.98 Å². The molecule has 0 aliphatic carbocycles. The van der Waals surface area contributed by atoms with Crippen molar-refractivity contribution < 1.29 is 14.2 Å². The summed E-state index contributed by atoms with van der Waals surface area (Å²) in [6.45, 7) is 1.43. The van der Waals surface area contributed by atoms with Crippen LogP contribution in [-0.4, -0.2) is 24.3 Å². The zero-order chi connectivity index (χ0) is 11.5. The van der Waals surface area contributed by atoms with E-state index in [0.29, 0.717) is 11.8 Å². The smallest absolute Gasteiger partial charge is 0.278 e. The first-order chi connectivity index (χ1) is 8.40. The second-order valence-electron chi connectivity index (χ2n) is 3.64. The van der Waals surface area contributed by atoms with Crippen molar-refractivity contribution in [3.05, 3.63) is 35.8 Å². The van der Waals surface area contributed by atoms with Gasteiger partial charge in [0, 0.05) is 11.6 Å². The topological polar surface area (TPSA) is 43.9 Å². The first-order valence-corrected chi connectivity index (χ1v) is 6.20. The lowest BCUT2D eigenvalue weighted by Crippen LogP contribution is -2.03. The molecular formula is C12H11NO3S. The monoisotopic (exact) mass is 249 g/mol. The molecule has 1 unspecified atom stereocenters. The molecule has 4 nitrogen and oxygen atoms in total. The van der Waals surface area contributed by atoms with E-state index in [1.54, 1.807) is 6.20 Å². The highest BCUT2D eigenvalue weighted by molar-refractivity contribution is 7.11. The molecule has 1 saturated heterocycles. The van der Waals surface area contributed by atoms with Crippen LogP contribution in [0.4, 0.5) is 0 Å². The zero-order valence-electron chi connectivity index (χ0n) is 9.04. The van der Waals surface area contributed by atoms with Crippen molar-refractivity contribution in [2.75, 3.05) is 13.2 Å². The second-order valence-corrected chi connectivity index (χ2v) is 4.49. The molecule has 0 amide bonds. The Kier molecular flexibility index (Phi) is 2.94. The summed E-state index contributed by atoms with van der Waals surface area (Å²) in [5.41, 5.74) is 0. The van der Waals surface area contributed by atoms with E-state index < -0.39 is 0 Å². The van der Waals surface area contributed by atoms with Crippen molar-refractivity contribution in [2.24, 2.45) is 0 Å². The summed E-state index contributed by atoms with van der Waals surface area (Å²) < 4.78 is 16.1. The number of thiazole rings is 1. The van der Waals surface area contributed by atoms with E-state index in [-0.39, 0.29) is 6.10 Å². The second kappa shape index (κ2) is 4.73. The molecule has 0 saturated carbocycles. The molecule has 1 fully saturated rings. The number of hydrogen-bond acceptors (Lipinski definition) is 5. The molecule has 17 heavy (non-hydrogen) atoms. The molecule has 0 spiro atoms. The quantitative estimate of drug-likeness (QED) is 0.764. The van der Waals surface area contributed by atoms with Crippen molar-refractivity contribution in [3.8, 4) is 16.7 Å². The molecule has 0 bridgehead atoms. The van der Waals surface area contributed by atoms with Gasteiger partial charge in [0.15, 0.2) is 0 Å². The summed E-state index contributed by atoms with van der Waals surface area (Å²) in [7, 11) is 0. The predicted molar refractivity (Wildman–Crippen MR) is 63.9 cm³/mol. The van der Waals surface area contributed by atoms with E-state index in [1.165, 1.54) is 11.3 Å². The molecule has 1 atom stereocenters. The highest BCUT2D eigenvalue weighted by atomic mass is 32.1. The number of ether oxygens (including phenoxy) is 3. The third-order valence-corrected chi connectivity index (χ3v) is 2.92. The molecular weight excluding hydrogens is 238 g/mol. The lowest BCUT2D eigenvalue weighted by atomic mass is 10.3.